The van der Waals surface area contributed by atoms with Gasteiger partial charge in [0.15, 0.2) is 11.5 Å². The number of anilines is 1. The Hall–Kier alpha value is -2.70. The fourth-order valence-electron chi connectivity index (χ4n) is 1.79. The molecule has 7 heteroatoms. The van der Waals surface area contributed by atoms with E-state index < -0.39 is 5.82 Å². The third-order valence-electron chi connectivity index (χ3n) is 2.75. The number of nitrogens with zero attached hydrogens (tertiary/aromatic N) is 3. The van der Waals surface area contributed by atoms with Gasteiger partial charge in [0.1, 0.15) is 29.2 Å². The van der Waals surface area contributed by atoms with Gasteiger partial charge in [-0.3, -0.25) is 0 Å². The first kappa shape index (κ1) is 11.4. The number of hydrogen-bond acceptors (Lipinski definition) is 5. The minimum absolute atomic E-state index is 0.276. The maximum absolute atomic E-state index is 13.9. The van der Waals surface area contributed by atoms with Gasteiger partial charge >= 0.3 is 0 Å². The van der Waals surface area contributed by atoms with Crippen LogP contribution < -0.4 is 10.5 Å². The third-order valence-corrected chi connectivity index (χ3v) is 2.75. The summed E-state index contributed by atoms with van der Waals surface area (Å²) in [5.74, 6) is 0.627. The number of fused-ring (bicyclic) bond motifs is 1. The molecule has 0 unspecified atom stereocenters. The molecule has 6 nitrogen and oxygen atoms in total. The standard InChI is InChI=1S/C12H10FN5O/c1-19-6-2-3-7(8(13)4-6)11-17-9-10(14)15-5-16-12(9)18-11/h2-5H,1H3,(H3,14,15,16,17,18). The van der Waals surface area contributed by atoms with Gasteiger partial charge in [0.2, 0.25) is 0 Å². The summed E-state index contributed by atoms with van der Waals surface area (Å²) >= 11 is 0. The molecule has 1 aromatic carbocycles. The smallest absolute Gasteiger partial charge is 0.183 e. The number of H-pyrrole nitrogens is 1. The van der Waals surface area contributed by atoms with Crippen molar-refractivity contribution in [3.63, 3.8) is 0 Å². The molecule has 0 spiro atoms. The van der Waals surface area contributed by atoms with Crippen LogP contribution in [0.15, 0.2) is 24.5 Å². The first-order chi connectivity index (χ1) is 9.19. The number of halogens is 1. The van der Waals surface area contributed by atoms with E-state index in [2.05, 4.69) is 19.9 Å². The summed E-state index contributed by atoms with van der Waals surface area (Å²) in [6.45, 7) is 0. The van der Waals surface area contributed by atoms with Crippen LogP contribution in [-0.4, -0.2) is 27.0 Å². The lowest BCUT2D eigenvalue weighted by atomic mass is 10.2. The summed E-state index contributed by atoms with van der Waals surface area (Å²) in [5.41, 5.74) is 6.91. The first-order valence-corrected chi connectivity index (χ1v) is 5.49. The number of aromatic nitrogens is 4. The summed E-state index contributed by atoms with van der Waals surface area (Å²) in [5, 5.41) is 0. The molecule has 0 fully saturated rings. The van der Waals surface area contributed by atoms with Crippen molar-refractivity contribution in [3.05, 3.63) is 30.3 Å². The molecule has 0 saturated heterocycles. The van der Waals surface area contributed by atoms with Crippen molar-refractivity contribution in [3.8, 4) is 17.1 Å². The van der Waals surface area contributed by atoms with Crippen molar-refractivity contribution in [2.45, 2.75) is 0 Å². The first-order valence-electron chi connectivity index (χ1n) is 5.49. The van der Waals surface area contributed by atoms with Crippen molar-refractivity contribution < 1.29 is 9.13 Å². The Balaban J connectivity index is 2.16. The Morgan fingerprint density at radius 1 is 1.32 bits per heavy atom. The van der Waals surface area contributed by atoms with E-state index in [1.807, 2.05) is 0 Å². The van der Waals surface area contributed by atoms with Crippen LogP contribution in [-0.2, 0) is 0 Å². The highest BCUT2D eigenvalue weighted by Crippen LogP contribution is 2.26. The number of nitrogens with two attached hydrogens (primary N) is 1. The molecule has 0 amide bonds. The van der Waals surface area contributed by atoms with E-state index in [-0.39, 0.29) is 5.82 Å². The fraction of sp³-hybridized carbons (Fsp3) is 0.0833. The van der Waals surface area contributed by atoms with Crippen molar-refractivity contribution in [1.29, 1.82) is 0 Å². The number of rotatable bonds is 2. The molecule has 0 aliphatic rings. The number of benzene rings is 1. The largest absolute Gasteiger partial charge is 0.497 e. The van der Waals surface area contributed by atoms with Crippen LogP contribution in [0.3, 0.4) is 0 Å². The quantitative estimate of drug-likeness (QED) is 0.731. The monoisotopic (exact) mass is 259 g/mol. The van der Waals surface area contributed by atoms with Gasteiger partial charge in [0.05, 0.1) is 12.7 Å². The Labute approximate surface area is 107 Å². The normalized spacial score (nSPS) is 10.8. The lowest BCUT2D eigenvalue weighted by Gasteiger charge is -2.02. The van der Waals surface area contributed by atoms with Crippen molar-refractivity contribution in [1.82, 2.24) is 19.9 Å². The summed E-state index contributed by atoms with van der Waals surface area (Å²) in [6, 6.07) is 4.52. The van der Waals surface area contributed by atoms with Gasteiger partial charge in [-0.05, 0) is 12.1 Å². The number of methoxy groups -OCH3 is 1. The number of ether oxygens (including phenoxy) is 1. The van der Waals surface area contributed by atoms with Crippen LogP contribution in [0, 0.1) is 5.82 Å². The molecule has 0 aliphatic carbocycles. The predicted molar refractivity (Wildman–Crippen MR) is 68.0 cm³/mol. The van der Waals surface area contributed by atoms with Crippen molar-refractivity contribution in [2.24, 2.45) is 0 Å². The highest BCUT2D eigenvalue weighted by molar-refractivity contribution is 5.84. The second-order valence-corrected chi connectivity index (χ2v) is 3.89. The Morgan fingerprint density at radius 2 is 2.16 bits per heavy atom. The lowest BCUT2D eigenvalue weighted by molar-refractivity contribution is 0.411. The average molecular weight is 259 g/mol. The molecule has 2 aromatic heterocycles. The van der Waals surface area contributed by atoms with Crippen LogP contribution >= 0.6 is 0 Å². The maximum Gasteiger partial charge on any atom is 0.183 e. The van der Waals surface area contributed by atoms with E-state index in [4.69, 9.17) is 10.5 Å². The van der Waals surface area contributed by atoms with E-state index >= 15 is 0 Å². The van der Waals surface area contributed by atoms with Crippen LogP contribution in [0.1, 0.15) is 0 Å². The van der Waals surface area contributed by atoms with Gasteiger partial charge in [-0.15, -0.1) is 0 Å². The van der Waals surface area contributed by atoms with E-state index in [1.165, 1.54) is 19.5 Å². The average Bonchev–Trinajstić information content (AvgIpc) is 2.83. The third kappa shape index (κ3) is 1.85. The molecule has 2 heterocycles. The van der Waals surface area contributed by atoms with E-state index in [1.54, 1.807) is 12.1 Å². The molecule has 3 aromatic rings. The molecular weight excluding hydrogens is 249 g/mol. The maximum atomic E-state index is 13.9. The number of nitrogen functional groups attached to an aromatic ring is 1. The SMILES string of the molecule is COc1ccc(-c2nc3ncnc(N)c3[nH]2)c(F)c1. The summed E-state index contributed by atoms with van der Waals surface area (Å²) in [4.78, 5) is 14.9. The minimum atomic E-state index is -0.440. The molecule has 0 saturated carbocycles. The van der Waals surface area contributed by atoms with Gasteiger partial charge in [0.25, 0.3) is 0 Å². The molecule has 96 valence electrons. The van der Waals surface area contributed by atoms with Crippen LogP contribution in [0.2, 0.25) is 0 Å². The molecule has 0 radical (unpaired) electrons. The highest BCUT2D eigenvalue weighted by Gasteiger charge is 2.13. The number of nitrogens with one attached hydrogen (secondary N) is 1. The van der Waals surface area contributed by atoms with Gasteiger partial charge in [-0.1, -0.05) is 0 Å². The Bertz CT molecular complexity index is 755. The zero-order valence-corrected chi connectivity index (χ0v) is 10.0. The number of hydrogen-bond donors (Lipinski definition) is 2. The lowest BCUT2D eigenvalue weighted by Crippen LogP contribution is -1.92. The van der Waals surface area contributed by atoms with Crippen molar-refractivity contribution >= 4 is 17.0 Å². The van der Waals surface area contributed by atoms with Crippen LogP contribution in [0.25, 0.3) is 22.6 Å². The van der Waals surface area contributed by atoms with Crippen LogP contribution in [0.4, 0.5) is 10.2 Å². The highest BCUT2D eigenvalue weighted by atomic mass is 19.1. The van der Waals surface area contributed by atoms with Gasteiger partial charge in [-0.2, -0.15) is 0 Å². The number of aromatic amines is 1. The van der Waals surface area contributed by atoms with Crippen LogP contribution in [0.5, 0.6) is 5.75 Å². The van der Waals surface area contributed by atoms with E-state index in [0.29, 0.717) is 28.3 Å². The second-order valence-electron chi connectivity index (χ2n) is 3.89. The molecule has 0 bridgehead atoms. The Morgan fingerprint density at radius 3 is 2.84 bits per heavy atom. The molecule has 3 rings (SSSR count). The fourth-order valence-corrected chi connectivity index (χ4v) is 1.79. The summed E-state index contributed by atoms with van der Waals surface area (Å²) in [6.07, 6.45) is 1.31. The zero-order valence-electron chi connectivity index (χ0n) is 10.0. The summed E-state index contributed by atoms with van der Waals surface area (Å²) < 4.78 is 18.9. The molecular formula is C12H10FN5O. The second kappa shape index (κ2) is 4.20. The van der Waals surface area contributed by atoms with Gasteiger partial charge < -0.3 is 15.5 Å². The molecule has 0 atom stereocenters. The van der Waals surface area contributed by atoms with Crippen molar-refractivity contribution in [2.75, 3.05) is 12.8 Å². The van der Waals surface area contributed by atoms with E-state index in [0.717, 1.165) is 0 Å². The zero-order chi connectivity index (χ0) is 13.4. The predicted octanol–water partition coefficient (Wildman–Crippen LogP) is 1.75. The Kier molecular flexibility index (Phi) is 2.52. The summed E-state index contributed by atoms with van der Waals surface area (Å²) in [7, 11) is 1.48. The minimum Gasteiger partial charge on any atom is -0.497 e. The molecule has 19 heavy (non-hydrogen) atoms. The topological polar surface area (TPSA) is 89.7 Å². The molecule has 3 N–H and O–H groups in total. The van der Waals surface area contributed by atoms with Gasteiger partial charge in [-0.25, -0.2) is 19.3 Å². The molecule has 0 aliphatic heterocycles. The number of imidazole rings is 1. The van der Waals surface area contributed by atoms with Gasteiger partial charge in [0, 0.05) is 6.07 Å². The van der Waals surface area contributed by atoms with E-state index in [9.17, 15) is 4.39 Å².